The Labute approximate surface area is 239 Å². The van der Waals surface area contributed by atoms with E-state index in [4.69, 9.17) is 31.8 Å². The monoisotopic (exact) mass is 563 g/mol. The fourth-order valence-corrected chi connectivity index (χ4v) is 7.39. The number of anilines is 1. The smallest absolute Gasteiger partial charge is 0.163 e. The Morgan fingerprint density at radius 3 is 2.80 bits per heavy atom. The van der Waals surface area contributed by atoms with E-state index in [1.807, 2.05) is 32.9 Å². The molecule has 3 aliphatic rings. The van der Waals surface area contributed by atoms with Crippen LogP contribution in [0.3, 0.4) is 0 Å². The van der Waals surface area contributed by atoms with Crippen molar-refractivity contribution in [2.24, 2.45) is 11.8 Å². The van der Waals surface area contributed by atoms with Gasteiger partial charge in [0, 0.05) is 36.1 Å². The SMILES string of the molecule is Cc1cc2nc(CC[C@H]3C[C@@H](N(C)C[C@H]4C[C@@H](n5ccc6c(N)ncnc65)[C@@H]5OC(C)(C)O[C@H]45)C3)[nH]c2cc1Cl. The molecule has 2 saturated carbocycles. The van der Waals surface area contributed by atoms with E-state index in [0.29, 0.717) is 17.8 Å². The molecule has 3 fully saturated rings. The normalized spacial score (nSPS) is 29.4. The topological polar surface area (TPSA) is 107 Å². The third-order valence-electron chi connectivity index (χ3n) is 9.41. The van der Waals surface area contributed by atoms with Gasteiger partial charge in [-0.15, -0.1) is 0 Å². The summed E-state index contributed by atoms with van der Waals surface area (Å²) >= 11 is 6.29. The van der Waals surface area contributed by atoms with Gasteiger partial charge in [-0.1, -0.05) is 11.6 Å². The average Bonchev–Trinajstić information content (AvgIpc) is 3.61. The summed E-state index contributed by atoms with van der Waals surface area (Å²) < 4.78 is 15.2. The first-order chi connectivity index (χ1) is 19.1. The van der Waals surface area contributed by atoms with Gasteiger partial charge in [-0.25, -0.2) is 15.0 Å². The van der Waals surface area contributed by atoms with E-state index >= 15 is 0 Å². The average molecular weight is 564 g/mol. The number of rotatable bonds is 7. The number of nitrogen functional groups attached to an aromatic ring is 1. The maximum absolute atomic E-state index is 6.49. The van der Waals surface area contributed by atoms with Crippen LogP contribution in [-0.4, -0.2) is 67.0 Å². The summed E-state index contributed by atoms with van der Waals surface area (Å²) in [5.74, 6) is 2.09. The Morgan fingerprint density at radius 2 is 1.98 bits per heavy atom. The largest absolute Gasteiger partial charge is 0.383 e. The van der Waals surface area contributed by atoms with E-state index in [-0.39, 0.29) is 18.2 Å². The summed E-state index contributed by atoms with van der Waals surface area (Å²) in [6.07, 6.45) is 9.22. The fraction of sp³-hybridized carbons (Fsp3) is 0.567. The Bertz CT molecular complexity index is 1520. The maximum Gasteiger partial charge on any atom is 0.163 e. The molecule has 4 heterocycles. The summed E-state index contributed by atoms with van der Waals surface area (Å²) in [6.45, 7) is 7.05. The van der Waals surface area contributed by atoms with Crippen LogP contribution in [0, 0.1) is 18.8 Å². The molecule has 7 rings (SSSR count). The summed E-state index contributed by atoms with van der Waals surface area (Å²) in [7, 11) is 2.27. The molecular formula is C30H38ClN7O2. The van der Waals surface area contributed by atoms with Gasteiger partial charge in [0.05, 0.1) is 28.6 Å². The molecule has 40 heavy (non-hydrogen) atoms. The van der Waals surface area contributed by atoms with Crippen LogP contribution in [0.25, 0.3) is 22.1 Å². The van der Waals surface area contributed by atoms with Gasteiger partial charge in [0.2, 0.25) is 0 Å². The van der Waals surface area contributed by atoms with Crippen molar-refractivity contribution in [1.29, 1.82) is 0 Å². The van der Waals surface area contributed by atoms with Gasteiger partial charge in [-0.2, -0.15) is 0 Å². The van der Waals surface area contributed by atoms with Gasteiger partial charge >= 0.3 is 0 Å². The van der Waals surface area contributed by atoms with Crippen molar-refractivity contribution in [3.05, 3.63) is 47.1 Å². The van der Waals surface area contributed by atoms with Crippen molar-refractivity contribution in [2.45, 2.75) is 83.0 Å². The van der Waals surface area contributed by atoms with E-state index in [2.05, 4.69) is 43.7 Å². The zero-order chi connectivity index (χ0) is 27.8. The number of nitrogens with one attached hydrogen (secondary N) is 1. The van der Waals surface area contributed by atoms with E-state index in [9.17, 15) is 0 Å². The maximum atomic E-state index is 6.49. The molecule has 0 spiro atoms. The Morgan fingerprint density at radius 1 is 1.18 bits per heavy atom. The molecule has 1 aliphatic heterocycles. The van der Waals surface area contributed by atoms with Crippen molar-refractivity contribution in [3.8, 4) is 0 Å². The zero-order valence-corrected chi connectivity index (χ0v) is 24.4. The van der Waals surface area contributed by atoms with Crippen LogP contribution in [0.15, 0.2) is 30.7 Å². The summed E-state index contributed by atoms with van der Waals surface area (Å²) in [6, 6.07) is 6.81. The standard InChI is InChI=1S/C30H38ClN7O2/c1-16-9-22-23(13-21(16)31)36-25(35-22)6-5-17-10-19(11-17)37(4)14-18-12-24(27-26(18)39-30(2,3)40-27)38-8-7-20-28(32)33-15-34-29(20)38/h7-9,13,15,17-19,24,26-27H,5-6,10-12,14H2,1-4H3,(H,35,36)(H2,32,33,34)/t17-,18-,19+,24-,26-,27+/m1/s1. The number of aryl methyl sites for hydroxylation is 2. The number of fused-ring (bicyclic) bond motifs is 3. The second-order valence-corrected chi connectivity index (χ2v) is 13.0. The minimum atomic E-state index is -0.593. The van der Waals surface area contributed by atoms with E-state index < -0.39 is 5.79 Å². The van der Waals surface area contributed by atoms with Crippen LogP contribution in [-0.2, 0) is 15.9 Å². The Balaban J connectivity index is 0.979. The third-order valence-corrected chi connectivity index (χ3v) is 9.81. The minimum Gasteiger partial charge on any atom is -0.383 e. The van der Waals surface area contributed by atoms with Crippen molar-refractivity contribution in [2.75, 3.05) is 19.3 Å². The molecule has 2 aliphatic carbocycles. The Kier molecular flexibility index (Phi) is 6.34. The quantitative estimate of drug-likeness (QED) is 0.315. The second kappa shape index (κ2) is 9.69. The molecule has 0 unspecified atom stereocenters. The molecule has 212 valence electrons. The predicted octanol–water partition coefficient (Wildman–Crippen LogP) is 5.28. The highest BCUT2D eigenvalue weighted by Crippen LogP contribution is 2.48. The highest BCUT2D eigenvalue weighted by Gasteiger charge is 2.55. The van der Waals surface area contributed by atoms with Gasteiger partial charge in [-0.05, 0) is 83.2 Å². The number of H-pyrrole nitrogens is 1. The summed E-state index contributed by atoms with van der Waals surface area (Å²) in [5.41, 5.74) is 10.1. The summed E-state index contributed by atoms with van der Waals surface area (Å²) in [4.78, 5) is 19.5. The van der Waals surface area contributed by atoms with Gasteiger partial charge in [0.15, 0.2) is 5.79 Å². The number of ether oxygens (including phenoxy) is 2. The first kappa shape index (κ1) is 26.2. The van der Waals surface area contributed by atoms with Crippen molar-refractivity contribution >= 4 is 39.5 Å². The van der Waals surface area contributed by atoms with Crippen LogP contribution < -0.4 is 5.73 Å². The number of nitrogens with two attached hydrogens (primary N) is 1. The summed E-state index contributed by atoms with van der Waals surface area (Å²) in [5, 5.41) is 1.67. The third kappa shape index (κ3) is 4.57. The highest BCUT2D eigenvalue weighted by atomic mass is 35.5. The molecular weight excluding hydrogens is 526 g/mol. The van der Waals surface area contributed by atoms with Crippen LogP contribution in [0.4, 0.5) is 5.82 Å². The molecule has 1 aromatic carbocycles. The molecule has 10 heteroatoms. The van der Waals surface area contributed by atoms with E-state index in [1.165, 1.54) is 12.8 Å². The fourth-order valence-electron chi connectivity index (χ4n) is 7.23. The van der Waals surface area contributed by atoms with Crippen molar-refractivity contribution in [3.63, 3.8) is 0 Å². The molecule has 0 bridgehead atoms. The van der Waals surface area contributed by atoms with Crippen LogP contribution in [0.5, 0.6) is 0 Å². The number of nitrogens with zero attached hydrogens (tertiary/aromatic N) is 5. The number of halogens is 1. The van der Waals surface area contributed by atoms with E-state index in [1.54, 1.807) is 6.33 Å². The Hall–Kier alpha value is -2.72. The number of aromatic nitrogens is 5. The first-order valence-corrected chi connectivity index (χ1v) is 14.8. The minimum absolute atomic E-state index is 0.0168. The lowest BCUT2D eigenvalue weighted by Gasteiger charge is -2.42. The molecule has 9 nitrogen and oxygen atoms in total. The molecule has 0 radical (unpaired) electrons. The zero-order valence-electron chi connectivity index (χ0n) is 23.6. The molecule has 4 atom stereocenters. The van der Waals surface area contributed by atoms with Crippen molar-refractivity contribution in [1.82, 2.24) is 29.4 Å². The van der Waals surface area contributed by atoms with Gasteiger partial charge in [0.1, 0.15) is 29.7 Å². The number of imidazole rings is 1. The van der Waals surface area contributed by atoms with Gasteiger partial charge < -0.3 is 29.7 Å². The predicted molar refractivity (Wildman–Crippen MR) is 156 cm³/mol. The lowest BCUT2D eigenvalue weighted by molar-refractivity contribution is -0.161. The number of hydrogen-bond acceptors (Lipinski definition) is 7. The lowest BCUT2D eigenvalue weighted by Crippen LogP contribution is -2.46. The molecule has 1 saturated heterocycles. The number of aromatic amines is 1. The second-order valence-electron chi connectivity index (χ2n) is 12.6. The molecule has 3 N–H and O–H groups in total. The van der Waals surface area contributed by atoms with Gasteiger partial charge in [-0.3, -0.25) is 0 Å². The van der Waals surface area contributed by atoms with Gasteiger partial charge in [0.25, 0.3) is 0 Å². The molecule has 4 aromatic rings. The first-order valence-electron chi connectivity index (χ1n) is 14.4. The number of hydrogen-bond donors (Lipinski definition) is 2. The van der Waals surface area contributed by atoms with Crippen LogP contribution >= 0.6 is 11.6 Å². The highest BCUT2D eigenvalue weighted by molar-refractivity contribution is 6.32. The molecule has 0 amide bonds. The molecule has 3 aromatic heterocycles. The van der Waals surface area contributed by atoms with Crippen LogP contribution in [0.2, 0.25) is 5.02 Å². The van der Waals surface area contributed by atoms with E-state index in [0.717, 1.165) is 70.2 Å². The van der Waals surface area contributed by atoms with Crippen molar-refractivity contribution < 1.29 is 9.47 Å². The number of benzene rings is 1. The van der Waals surface area contributed by atoms with Crippen LogP contribution in [0.1, 0.15) is 57.0 Å². The lowest BCUT2D eigenvalue weighted by atomic mass is 9.76.